The maximum absolute atomic E-state index is 11.9. The van der Waals surface area contributed by atoms with Gasteiger partial charge in [-0.25, -0.2) is 4.79 Å². The van der Waals surface area contributed by atoms with Crippen molar-refractivity contribution in [2.24, 2.45) is 0 Å². The van der Waals surface area contributed by atoms with Crippen LogP contribution >= 0.6 is 0 Å². The number of esters is 1. The van der Waals surface area contributed by atoms with Gasteiger partial charge in [-0.1, -0.05) is 31.0 Å². The molecule has 0 aliphatic heterocycles. The fraction of sp³-hybridized carbons (Fsp3) is 0.375. The van der Waals surface area contributed by atoms with Crippen LogP contribution in [0.2, 0.25) is 0 Å². The predicted octanol–water partition coefficient (Wildman–Crippen LogP) is 2.38. The van der Waals surface area contributed by atoms with Crippen LogP contribution in [0.1, 0.15) is 36.2 Å². The number of hydrogen-bond acceptors (Lipinski definition) is 3. The van der Waals surface area contributed by atoms with E-state index in [4.69, 9.17) is 4.74 Å². The minimum atomic E-state index is -0.507. The highest BCUT2D eigenvalue weighted by molar-refractivity contribution is 5.95. The van der Waals surface area contributed by atoms with Gasteiger partial charge in [0, 0.05) is 16.9 Å². The van der Waals surface area contributed by atoms with Crippen molar-refractivity contribution in [2.45, 2.75) is 31.7 Å². The van der Waals surface area contributed by atoms with E-state index in [1.807, 2.05) is 24.3 Å². The average Bonchev–Trinajstić information content (AvgIpc) is 3.13. The number of hydrogen-bond donors (Lipinski definition) is 2. The summed E-state index contributed by atoms with van der Waals surface area (Å²) in [6.45, 7) is -0.231. The van der Waals surface area contributed by atoms with Gasteiger partial charge >= 0.3 is 5.97 Å². The molecule has 1 aliphatic carbocycles. The molecular formula is C16H18N2O3. The van der Waals surface area contributed by atoms with E-state index in [1.54, 1.807) is 6.07 Å². The van der Waals surface area contributed by atoms with Crippen LogP contribution in [-0.4, -0.2) is 29.5 Å². The van der Waals surface area contributed by atoms with Crippen LogP contribution < -0.4 is 5.32 Å². The fourth-order valence-corrected chi connectivity index (χ4v) is 2.73. The molecule has 1 heterocycles. The van der Waals surface area contributed by atoms with Crippen molar-refractivity contribution < 1.29 is 14.3 Å². The molecule has 0 spiro atoms. The number of H-pyrrole nitrogens is 1. The maximum Gasteiger partial charge on any atom is 0.355 e. The number of aromatic amines is 1. The van der Waals surface area contributed by atoms with E-state index in [-0.39, 0.29) is 18.6 Å². The Labute approximate surface area is 122 Å². The number of ether oxygens (including phenoxy) is 1. The van der Waals surface area contributed by atoms with E-state index in [0.717, 1.165) is 36.6 Å². The van der Waals surface area contributed by atoms with E-state index in [1.165, 1.54) is 0 Å². The summed E-state index contributed by atoms with van der Waals surface area (Å²) < 4.78 is 5.05. The molecule has 0 atom stereocenters. The second-order valence-corrected chi connectivity index (χ2v) is 5.40. The highest BCUT2D eigenvalue weighted by Gasteiger charge is 2.18. The topological polar surface area (TPSA) is 71.2 Å². The molecule has 0 unspecified atom stereocenters. The van der Waals surface area contributed by atoms with Gasteiger partial charge in [0.2, 0.25) is 0 Å². The number of amides is 1. The molecular weight excluding hydrogens is 268 g/mol. The molecule has 5 heteroatoms. The Balaban J connectivity index is 1.54. The van der Waals surface area contributed by atoms with Crippen LogP contribution in [0.3, 0.4) is 0 Å². The number of para-hydroxylation sites is 1. The SMILES string of the molecule is O=C(COC(=O)c1cc2ccccc2[nH]1)NC1CCCC1. The number of benzene rings is 1. The molecule has 1 saturated carbocycles. The third kappa shape index (κ3) is 3.24. The Morgan fingerprint density at radius 1 is 1.24 bits per heavy atom. The van der Waals surface area contributed by atoms with Crippen LogP contribution in [0.25, 0.3) is 10.9 Å². The van der Waals surface area contributed by atoms with Crippen molar-refractivity contribution in [3.63, 3.8) is 0 Å². The molecule has 0 radical (unpaired) electrons. The predicted molar refractivity (Wildman–Crippen MR) is 79.0 cm³/mol. The number of carbonyl (C=O) groups is 2. The van der Waals surface area contributed by atoms with Crippen LogP contribution in [-0.2, 0) is 9.53 Å². The molecule has 110 valence electrons. The van der Waals surface area contributed by atoms with Gasteiger partial charge in [0.15, 0.2) is 6.61 Å². The number of nitrogens with one attached hydrogen (secondary N) is 2. The van der Waals surface area contributed by atoms with E-state index >= 15 is 0 Å². The van der Waals surface area contributed by atoms with Crippen LogP contribution in [0.15, 0.2) is 30.3 Å². The molecule has 2 aromatic rings. The highest BCUT2D eigenvalue weighted by Crippen LogP contribution is 2.17. The van der Waals surface area contributed by atoms with Gasteiger partial charge in [-0.3, -0.25) is 4.79 Å². The molecule has 21 heavy (non-hydrogen) atoms. The second-order valence-electron chi connectivity index (χ2n) is 5.40. The van der Waals surface area contributed by atoms with Crippen LogP contribution in [0.4, 0.5) is 0 Å². The second kappa shape index (κ2) is 5.99. The third-order valence-electron chi connectivity index (χ3n) is 3.80. The largest absolute Gasteiger partial charge is 0.451 e. The standard InChI is InChI=1S/C16H18N2O3/c19-15(17-12-6-2-3-7-12)10-21-16(20)14-9-11-5-1-4-8-13(11)18-14/h1,4-5,8-9,12,18H,2-3,6-7,10H2,(H,17,19). The molecule has 5 nitrogen and oxygen atoms in total. The number of aromatic nitrogens is 1. The molecule has 1 aromatic carbocycles. The van der Waals surface area contributed by atoms with Gasteiger partial charge in [0.1, 0.15) is 5.69 Å². The first-order chi connectivity index (χ1) is 10.2. The van der Waals surface area contributed by atoms with Crippen LogP contribution in [0.5, 0.6) is 0 Å². The number of carbonyl (C=O) groups excluding carboxylic acids is 2. The summed E-state index contributed by atoms with van der Waals surface area (Å²) in [5.41, 5.74) is 1.24. The lowest BCUT2D eigenvalue weighted by atomic mass is 10.2. The summed E-state index contributed by atoms with van der Waals surface area (Å²) in [6.07, 6.45) is 4.34. The lowest BCUT2D eigenvalue weighted by Crippen LogP contribution is -2.35. The molecule has 3 rings (SSSR count). The van der Waals surface area contributed by atoms with Gasteiger partial charge in [-0.2, -0.15) is 0 Å². The van der Waals surface area contributed by atoms with Gasteiger partial charge < -0.3 is 15.0 Å². The summed E-state index contributed by atoms with van der Waals surface area (Å²) in [6, 6.07) is 9.56. The Hall–Kier alpha value is -2.30. The van der Waals surface area contributed by atoms with Gasteiger partial charge in [-0.05, 0) is 25.0 Å². The van der Waals surface area contributed by atoms with E-state index in [0.29, 0.717) is 5.69 Å². The van der Waals surface area contributed by atoms with Crippen molar-refractivity contribution in [3.05, 3.63) is 36.0 Å². The lowest BCUT2D eigenvalue weighted by molar-refractivity contribution is -0.124. The van der Waals surface area contributed by atoms with E-state index in [9.17, 15) is 9.59 Å². The van der Waals surface area contributed by atoms with Crippen LogP contribution in [0, 0.1) is 0 Å². The van der Waals surface area contributed by atoms with Crippen molar-refractivity contribution in [1.82, 2.24) is 10.3 Å². The lowest BCUT2D eigenvalue weighted by Gasteiger charge is -2.11. The zero-order valence-corrected chi connectivity index (χ0v) is 11.7. The molecule has 1 aliphatic rings. The first kappa shape index (κ1) is 13.7. The Morgan fingerprint density at radius 3 is 2.76 bits per heavy atom. The molecule has 2 N–H and O–H groups in total. The Morgan fingerprint density at radius 2 is 2.00 bits per heavy atom. The van der Waals surface area contributed by atoms with Gasteiger partial charge in [0.05, 0.1) is 0 Å². The van der Waals surface area contributed by atoms with Gasteiger partial charge in [-0.15, -0.1) is 0 Å². The number of rotatable bonds is 4. The molecule has 0 bridgehead atoms. The maximum atomic E-state index is 11.9. The quantitative estimate of drug-likeness (QED) is 0.848. The minimum absolute atomic E-state index is 0.230. The first-order valence-electron chi connectivity index (χ1n) is 7.26. The smallest absolute Gasteiger partial charge is 0.355 e. The normalized spacial score (nSPS) is 15.2. The summed E-state index contributed by atoms with van der Waals surface area (Å²) in [5, 5.41) is 3.83. The van der Waals surface area contributed by atoms with E-state index < -0.39 is 5.97 Å². The van der Waals surface area contributed by atoms with E-state index in [2.05, 4.69) is 10.3 Å². The van der Waals surface area contributed by atoms with Crippen molar-refractivity contribution in [2.75, 3.05) is 6.61 Å². The fourth-order valence-electron chi connectivity index (χ4n) is 2.73. The summed E-state index contributed by atoms with van der Waals surface area (Å²) >= 11 is 0. The molecule has 1 aromatic heterocycles. The zero-order valence-electron chi connectivity index (χ0n) is 11.7. The Kier molecular flexibility index (Phi) is 3.90. The zero-order chi connectivity index (χ0) is 14.7. The molecule has 1 fully saturated rings. The number of fused-ring (bicyclic) bond motifs is 1. The first-order valence-corrected chi connectivity index (χ1v) is 7.26. The van der Waals surface area contributed by atoms with Crippen molar-refractivity contribution in [1.29, 1.82) is 0 Å². The summed E-state index contributed by atoms with van der Waals surface area (Å²) in [4.78, 5) is 26.6. The monoisotopic (exact) mass is 286 g/mol. The summed E-state index contributed by atoms with van der Waals surface area (Å²) in [7, 11) is 0. The van der Waals surface area contributed by atoms with Crippen molar-refractivity contribution >= 4 is 22.8 Å². The molecule has 0 saturated heterocycles. The van der Waals surface area contributed by atoms with Crippen molar-refractivity contribution in [3.8, 4) is 0 Å². The summed E-state index contributed by atoms with van der Waals surface area (Å²) in [5.74, 6) is -0.737. The highest BCUT2D eigenvalue weighted by atomic mass is 16.5. The minimum Gasteiger partial charge on any atom is -0.451 e. The third-order valence-corrected chi connectivity index (χ3v) is 3.80. The average molecular weight is 286 g/mol. The molecule has 1 amide bonds. The Bertz CT molecular complexity index is 623. The van der Waals surface area contributed by atoms with Gasteiger partial charge in [0.25, 0.3) is 5.91 Å².